The molecule has 0 aromatic heterocycles. The van der Waals surface area contributed by atoms with Crippen molar-refractivity contribution in [2.75, 3.05) is 13.2 Å². The van der Waals surface area contributed by atoms with Gasteiger partial charge >= 0.3 is 12.3 Å². The summed E-state index contributed by atoms with van der Waals surface area (Å²) in [5.41, 5.74) is 0. The first-order valence-corrected chi connectivity index (χ1v) is 3.20. The molecule has 0 saturated carbocycles. The van der Waals surface area contributed by atoms with Gasteiger partial charge < -0.3 is 4.74 Å². The van der Waals surface area contributed by atoms with Crippen LogP contribution in [-0.2, 0) is 9.53 Å². The second kappa shape index (κ2) is 4.39. The van der Waals surface area contributed by atoms with Gasteiger partial charge in [-0.25, -0.2) is 8.78 Å². The van der Waals surface area contributed by atoms with Crippen molar-refractivity contribution in [3.8, 4) is 0 Å². The number of halogens is 4. The Morgan fingerprint density at radius 1 is 1.50 bits per heavy atom. The Morgan fingerprint density at radius 3 is 2.33 bits per heavy atom. The van der Waals surface area contributed by atoms with Gasteiger partial charge in [0.15, 0.2) is 0 Å². The first-order valence-electron chi connectivity index (χ1n) is 3.20. The highest BCUT2D eigenvalue weighted by atomic mass is 19.3. The maximum Gasteiger partial charge on any atom is 0.366 e. The van der Waals surface area contributed by atoms with Gasteiger partial charge in [0.1, 0.15) is 6.61 Å². The van der Waals surface area contributed by atoms with E-state index >= 15 is 0 Å². The minimum Gasteiger partial charge on any atom is -0.374 e. The predicted octanol–water partition coefficient (Wildman–Crippen LogP) is 1.49. The van der Waals surface area contributed by atoms with E-state index in [-0.39, 0.29) is 6.61 Å². The molecule has 0 atom stereocenters. The zero-order valence-corrected chi connectivity index (χ0v) is 6.32. The molecule has 0 spiro atoms. The number of ketones is 1. The summed E-state index contributed by atoms with van der Waals surface area (Å²) < 4.78 is 51.4. The first kappa shape index (κ1) is 11.4. The number of carbonyl (C=O) groups is 1. The molecule has 0 saturated heterocycles. The van der Waals surface area contributed by atoms with Crippen LogP contribution in [-0.4, -0.2) is 31.3 Å². The number of alkyl halides is 4. The Hall–Kier alpha value is -0.650. The second-order valence-corrected chi connectivity index (χ2v) is 1.98. The molecule has 0 fully saturated rings. The number of hydrogen-bond donors (Lipinski definition) is 0. The zero-order valence-electron chi connectivity index (χ0n) is 6.32. The van der Waals surface area contributed by atoms with Crippen molar-refractivity contribution in [3.05, 3.63) is 0 Å². The fourth-order valence-electron chi connectivity index (χ4n) is 0.413. The number of rotatable bonds is 5. The third-order valence-electron chi connectivity index (χ3n) is 1.08. The van der Waals surface area contributed by atoms with Crippen LogP contribution in [0.5, 0.6) is 0 Å². The number of carbonyl (C=O) groups excluding carboxylic acids is 1. The third kappa shape index (κ3) is 2.77. The van der Waals surface area contributed by atoms with Gasteiger partial charge in [-0.15, -0.1) is 0 Å². The molecule has 0 aliphatic carbocycles. The number of Topliss-reactive ketones (excluding diaryl/α,β-unsaturated/α-hetero) is 1. The predicted molar refractivity (Wildman–Crippen MR) is 32.5 cm³/mol. The first-order chi connectivity index (χ1) is 5.42. The van der Waals surface area contributed by atoms with Crippen molar-refractivity contribution >= 4 is 5.78 Å². The van der Waals surface area contributed by atoms with Crippen LogP contribution >= 0.6 is 0 Å². The van der Waals surface area contributed by atoms with Crippen LogP contribution in [0.2, 0.25) is 0 Å². The molecule has 6 heteroatoms. The number of hydrogen-bond acceptors (Lipinski definition) is 2. The summed E-state index contributed by atoms with van der Waals surface area (Å²) in [5, 5.41) is 0. The van der Waals surface area contributed by atoms with Crippen LogP contribution in [0.1, 0.15) is 6.92 Å². The molecule has 0 aromatic rings. The lowest BCUT2D eigenvalue weighted by Gasteiger charge is -2.12. The molecular formula is C6H8F4O2. The van der Waals surface area contributed by atoms with Crippen LogP contribution in [0.3, 0.4) is 0 Å². The van der Waals surface area contributed by atoms with Crippen LogP contribution in [0.4, 0.5) is 17.6 Å². The highest BCUT2D eigenvalue weighted by Gasteiger charge is 2.48. The molecule has 2 nitrogen and oxygen atoms in total. The van der Waals surface area contributed by atoms with Crippen molar-refractivity contribution in [2.24, 2.45) is 0 Å². The van der Waals surface area contributed by atoms with Gasteiger partial charge in [-0.3, -0.25) is 4.79 Å². The Balaban J connectivity index is 4.07. The molecule has 0 unspecified atom stereocenters. The van der Waals surface area contributed by atoms with E-state index in [1.54, 1.807) is 0 Å². The smallest absolute Gasteiger partial charge is 0.366 e. The molecule has 0 rings (SSSR count). The van der Waals surface area contributed by atoms with Gasteiger partial charge in [0.25, 0.3) is 0 Å². The molecule has 72 valence electrons. The molecule has 12 heavy (non-hydrogen) atoms. The molecule has 0 bridgehead atoms. The van der Waals surface area contributed by atoms with E-state index in [1.807, 2.05) is 0 Å². The Kier molecular flexibility index (Phi) is 4.16. The molecule has 0 heterocycles. The Bertz CT molecular complexity index is 158. The average Bonchev–Trinajstić information content (AvgIpc) is 1.99. The molecule has 0 radical (unpaired) electrons. The summed E-state index contributed by atoms with van der Waals surface area (Å²) in [6.45, 7) is 0.521. The van der Waals surface area contributed by atoms with Crippen LogP contribution in [0, 0.1) is 0 Å². The second-order valence-electron chi connectivity index (χ2n) is 1.98. The molecule has 0 amide bonds. The van der Waals surface area contributed by atoms with E-state index in [9.17, 15) is 22.4 Å². The Labute approximate surface area is 66.5 Å². The molecular weight excluding hydrogens is 180 g/mol. The zero-order chi connectivity index (χ0) is 9.78. The number of ether oxygens (including phenoxy) is 1. The van der Waals surface area contributed by atoms with E-state index in [4.69, 9.17) is 0 Å². The lowest BCUT2D eigenvalue weighted by atomic mass is 10.2. The molecule has 0 aliphatic rings. The summed E-state index contributed by atoms with van der Waals surface area (Å²) in [7, 11) is 0. The summed E-state index contributed by atoms with van der Waals surface area (Å²) in [6, 6.07) is 0. The highest BCUT2D eigenvalue weighted by molar-refractivity contribution is 5.87. The van der Waals surface area contributed by atoms with E-state index in [0.717, 1.165) is 0 Å². The summed E-state index contributed by atoms with van der Waals surface area (Å²) in [5.74, 6) is -6.48. The van der Waals surface area contributed by atoms with Gasteiger partial charge in [0.2, 0.25) is 5.78 Å². The fraction of sp³-hybridized carbons (Fsp3) is 0.833. The monoisotopic (exact) mass is 188 g/mol. The molecule has 0 N–H and O–H groups in total. The van der Waals surface area contributed by atoms with Gasteiger partial charge in [-0.1, -0.05) is 0 Å². The molecule has 0 aromatic carbocycles. The fourth-order valence-corrected chi connectivity index (χ4v) is 0.413. The maximum atomic E-state index is 12.1. The average molecular weight is 188 g/mol. The lowest BCUT2D eigenvalue weighted by molar-refractivity contribution is -0.171. The quantitative estimate of drug-likeness (QED) is 0.611. The van der Waals surface area contributed by atoms with Crippen LogP contribution in [0.15, 0.2) is 0 Å². The Morgan fingerprint density at radius 2 is 2.00 bits per heavy atom. The van der Waals surface area contributed by atoms with Crippen molar-refractivity contribution < 1.29 is 27.1 Å². The van der Waals surface area contributed by atoms with Gasteiger partial charge in [0.05, 0.1) is 0 Å². The third-order valence-corrected chi connectivity index (χ3v) is 1.08. The van der Waals surface area contributed by atoms with Gasteiger partial charge in [0, 0.05) is 6.61 Å². The van der Waals surface area contributed by atoms with Gasteiger partial charge in [-0.2, -0.15) is 8.78 Å². The van der Waals surface area contributed by atoms with Crippen LogP contribution < -0.4 is 0 Å². The minimum atomic E-state index is -4.59. The highest BCUT2D eigenvalue weighted by Crippen LogP contribution is 2.23. The van der Waals surface area contributed by atoms with E-state index in [0.29, 0.717) is 0 Å². The van der Waals surface area contributed by atoms with E-state index < -0.39 is 24.7 Å². The minimum absolute atomic E-state index is 0.0328. The SMILES string of the molecule is CCOCC(=O)C(F)(F)C(F)F. The van der Waals surface area contributed by atoms with E-state index in [2.05, 4.69) is 4.74 Å². The standard InChI is InChI=1S/C6H8F4O2/c1-2-12-3-4(11)6(9,10)5(7)8/h5H,2-3H2,1H3. The summed E-state index contributed by atoms with van der Waals surface area (Å²) in [4.78, 5) is 10.3. The van der Waals surface area contributed by atoms with Crippen LogP contribution in [0.25, 0.3) is 0 Å². The summed E-state index contributed by atoms with van der Waals surface area (Å²) in [6.07, 6.45) is -3.97. The maximum absolute atomic E-state index is 12.1. The normalized spacial score (nSPS) is 12.2. The topological polar surface area (TPSA) is 26.3 Å². The largest absolute Gasteiger partial charge is 0.374 e. The lowest BCUT2D eigenvalue weighted by Crippen LogP contribution is -2.39. The van der Waals surface area contributed by atoms with Crippen molar-refractivity contribution in [2.45, 2.75) is 19.3 Å². The van der Waals surface area contributed by atoms with Crippen molar-refractivity contribution in [3.63, 3.8) is 0 Å². The van der Waals surface area contributed by atoms with Crippen molar-refractivity contribution in [1.82, 2.24) is 0 Å². The van der Waals surface area contributed by atoms with Crippen molar-refractivity contribution in [1.29, 1.82) is 0 Å². The summed E-state index contributed by atoms with van der Waals surface area (Å²) >= 11 is 0. The van der Waals surface area contributed by atoms with E-state index in [1.165, 1.54) is 6.92 Å². The molecule has 0 aliphatic heterocycles. The van der Waals surface area contributed by atoms with Gasteiger partial charge in [-0.05, 0) is 6.92 Å².